The Hall–Kier alpha value is -1.87. The molecule has 2 amide bonds. The Kier molecular flexibility index (Phi) is 6.56. The van der Waals surface area contributed by atoms with Crippen molar-refractivity contribution in [3.05, 3.63) is 0 Å². The molecule has 0 spiro atoms. The topological polar surface area (TPSA) is 125 Å². The molecule has 0 unspecified atom stereocenters. The van der Waals surface area contributed by atoms with Gasteiger partial charge in [0.1, 0.15) is 11.7 Å². The summed E-state index contributed by atoms with van der Waals surface area (Å²) in [5, 5.41) is 22.5. The minimum absolute atomic E-state index is 0.0847. The van der Waals surface area contributed by atoms with Gasteiger partial charge in [-0.25, -0.2) is 4.79 Å². The summed E-state index contributed by atoms with van der Waals surface area (Å²) in [4.78, 5) is 36.2. The number of nitrogens with zero attached hydrogens (tertiary/aromatic N) is 1. The first-order chi connectivity index (χ1) is 11.0. The molecular formula is C15H26N2O7. The predicted octanol–water partition coefficient (Wildman–Crippen LogP) is -0.605. The van der Waals surface area contributed by atoms with Gasteiger partial charge in [0.25, 0.3) is 0 Å². The lowest BCUT2D eigenvalue weighted by Crippen LogP contribution is -2.68. The molecule has 0 bridgehead atoms. The molecule has 9 nitrogen and oxygen atoms in total. The lowest BCUT2D eigenvalue weighted by molar-refractivity contribution is -0.169. The Labute approximate surface area is 140 Å². The molecule has 1 aliphatic rings. The van der Waals surface area contributed by atoms with E-state index in [1.54, 1.807) is 20.8 Å². The van der Waals surface area contributed by atoms with Crippen LogP contribution in [0.1, 0.15) is 34.6 Å². The molecule has 0 radical (unpaired) electrons. The molecule has 9 heteroatoms. The fraction of sp³-hybridized carbons (Fsp3) is 0.800. The number of nitrogens with one attached hydrogen (secondary N) is 1. The quantitative estimate of drug-likeness (QED) is 0.582. The first-order valence-electron chi connectivity index (χ1n) is 7.69. The second-order valence-electron chi connectivity index (χ2n) is 6.75. The SMILES string of the molecule is CC(=O)N[C@H]1CN(C(=O)OC(C)(C)C)[C@H](CO)[C@H](OC(C)=O)[C@@H]1O. The lowest BCUT2D eigenvalue weighted by atomic mass is 9.92. The van der Waals surface area contributed by atoms with Crippen LogP contribution >= 0.6 is 0 Å². The number of esters is 1. The van der Waals surface area contributed by atoms with Gasteiger partial charge in [-0.05, 0) is 20.8 Å². The molecule has 0 aliphatic carbocycles. The van der Waals surface area contributed by atoms with Crippen LogP contribution in [0.25, 0.3) is 0 Å². The minimum Gasteiger partial charge on any atom is -0.457 e. The van der Waals surface area contributed by atoms with Gasteiger partial charge in [0.2, 0.25) is 5.91 Å². The maximum atomic E-state index is 12.4. The molecule has 1 saturated heterocycles. The first-order valence-corrected chi connectivity index (χ1v) is 7.69. The monoisotopic (exact) mass is 346 g/mol. The average molecular weight is 346 g/mol. The van der Waals surface area contributed by atoms with E-state index in [9.17, 15) is 24.6 Å². The average Bonchev–Trinajstić information content (AvgIpc) is 2.40. The van der Waals surface area contributed by atoms with Crippen LogP contribution in [0.5, 0.6) is 0 Å². The molecule has 1 aliphatic heterocycles. The van der Waals surface area contributed by atoms with Crippen molar-refractivity contribution in [2.45, 2.75) is 64.5 Å². The van der Waals surface area contributed by atoms with E-state index in [0.29, 0.717) is 0 Å². The molecule has 0 aromatic rings. The van der Waals surface area contributed by atoms with Gasteiger partial charge in [0, 0.05) is 20.4 Å². The van der Waals surface area contributed by atoms with Gasteiger partial charge >= 0.3 is 12.1 Å². The predicted molar refractivity (Wildman–Crippen MR) is 83.0 cm³/mol. The molecular weight excluding hydrogens is 320 g/mol. The van der Waals surface area contributed by atoms with E-state index in [-0.39, 0.29) is 6.54 Å². The van der Waals surface area contributed by atoms with E-state index in [0.717, 1.165) is 11.8 Å². The number of hydrogen-bond acceptors (Lipinski definition) is 7. The highest BCUT2D eigenvalue weighted by molar-refractivity contribution is 5.74. The highest BCUT2D eigenvalue weighted by Crippen LogP contribution is 2.24. The van der Waals surface area contributed by atoms with E-state index in [4.69, 9.17) is 9.47 Å². The van der Waals surface area contributed by atoms with E-state index >= 15 is 0 Å². The van der Waals surface area contributed by atoms with Gasteiger partial charge in [-0.2, -0.15) is 0 Å². The molecule has 0 saturated carbocycles. The molecule has 3 N–H and O–H groups in total. The minimum atomic E-state index is -1.27. The lowest BCUT2D eigenvalue weighted by Gasteiger charge is -2.46. The van der Waals surface area contributed by atoms with Crippen molar-refractivity contribution < 1.29 is 34.1 Å². The Bertz CT molecular complexity index is 489. The van der Waals surface area contributed by atoms with Crippen molar-refractivity contribution >= 4 is 18.0 Å². The summed E-state index contributed by atoms with van der Waals surface area (Å²) in [5.74, 6) is -1.09. The summed E-state index contributed by atoms with van der Waals surface area (Å²) in [6.07, 6.45) is -3.19. The zero-order chi connectivity index (χ0) is 18.7. The van der Waals surface area contributed by atoms with Gasteiger partial charge in [-0.15, -0.1) is 0 Å². The molecule has 0 aromatic heterocycles. The van der Waals surface area contributed by atoms with E-state index < -0.39 is 54.5 Å². The third-order valence-electron chi connectivity index (χ3n) is 3.43. The number of amides is 2. The van der Waals surface area contributed by atoms with Crippen LogP contribution in [-0.2, 0) is 19.1 Å². The van der Waals surface area contributed by atoms with Crippen molar-refractivity contribution in [3.8, 4) is 0 Å². The number of hydrogen-bond donors (Lipinski definition) is 3. The molecule has 4 atom stereocenters. The van der Waals surface area contributed by atoms with Crippen LogP contribution in [0, 0.1) is 0 Å². The number of aliphatic hydroxyl groups excluding tert-OH is 2. The Balaban J connectivity index is 3.11. The van der Waals surface area contributed by atoms with Gasteiger partial charge in [-0.1, -0.05) is 0 Å². The number of carbonyl (C=O) groups excluding carboxylic acids is 3. The Morgan fingerprint density at radius 1 is 1.25 bits per heavy atom. The van der Waals surface area contributed by atoms with Gasteiger partial charge < -0.3 is 25.0 Å². The maximum absolute atomic E-state index is 12.4. The Morgan fingerprint density at radius 3 is 2.25 bits per heavy atom. The van der Waals surface area contributed by atoms with Crippen molar-refractivity contribution in [1.82, 2.24) is 10.2 Å². The van der Waals surface area contributed by atoms with Crippen molar-refractivity contribution in [1.29, 1.82) is 0 Å². The number of carbonyl (C=O) groups is 3. The van der Waals surface area contributed by atoms with Gasteiger partial charge in [-0.3, -0.25) is 14.5 Å². The summed E-state index contributed by atoms with van der Waals surface area (Å²) in [7, 11) is 0. The summed E-state index contributed by atoms with van der Waals surface area (Å²) in [6.45, 7) is 6.86. The van der Waals surface area contributed by atoms with Crippen LogP contribution in [0.2, 0.25) is 0 Å². The van der Waals surface area contributed by atoms with E-state index in [1.807, 2.05) is 0 Å². The van der Waals surface area contributed by atoms with Gasteiger partial charge in [0.05, 0.1) is 18.7 Å². The standard InChI is InChI=1S/C15H26N2O7/c1-8(19)16-10-6-17(14(22)24-15(3,4)5)11(7-18)13(12(10)21)23-9(2)20/h10-13,18,21H,6-7H2,1-5H3,(H,16,19)/t10-,11+,12+,13-/m0/s1. The molecule has 24 heavy (non-hydrogen) atoms. The highest BCUT2D eigenvalue weighted by Gasteiger charge is 2.47. The summed E-state index contributed by atoms with van der Waals surface area (Å²) in [6, 6.07) is -1.84. The van der Waals surface area contributed by atoms with E-state index in [2.05, 4.69) is 5.32 Å². The number of aliphatic hydroxyl groups is 2. The van der Waals surface area contributed by atoms with Crippen LogP contribution in [0.4, 0.5) is 4.79 Å². The largest absolute Gasteiger partial charge is 0.457 e. The summed E-state index contributed by atoms with van der Waals surface area (Å²) >= 11 is 0. The van der Waals surface area contributed by atoms with Crippen molar-refractivity contribution in [2.24, 2.45) is 0 Å². The van der Waals surface area contributed by atoms with Crippen molar-refractivity contribution in [2.75, 3.05) is 13.2 Å². The molecule has 0 aromatic carbocycles. The first kappa shape index (κ1) is 20.2. The number of rotatable bonds is 3. The zero-order valence-electron chi connectivity index (χ0n) is 14.6. The number of ether oxygens (including phenoxy) is 2. The zero-order valence-corrected chi connectivity index (χ0v) is 14.6. The smallest absolute Gasteiger partial charge is 0.410 e. The van der Waals surface area contributed by atoms with Crippen LogP contribution < -0.4 is 5.32 Å². The third-order valence-corrected chi connectivity index (χ3v) is 3.43. The fourth-order valence-corrected chi connectivity index (χ4v) is 2.55. The Morgan fingerprint density at radius 2 is 1.83 bits per heavy atom. The molecule has 1 heterocycles. The van der Waals surface area contributed by atoms with Crippen LogP contribution in [0.15, 0.2) is 0 Å². The molecule has 138 valence electrons. The highest BCUT2D eigenvalue weighted by atomic mass is 16.6. The molecule has 1 fully saturated rings. The van der Waals surface area contributed by atoms with Crippen LogP contribution in [0.3, 0.4) is 0 Å². The van der Waals surface area contributed by atoms with Gasteiger partial charge in [0.15, 0.2) is 6.10 Å². The van der Waals surface area contributed by atoms with Crippen molar-refractivity contribution in [3.63, 3.8) is 0 Å². The third kappa shape index (κ3) is 5.34. The van der Waals surface area contributed by atoms with E-state index in [1.165, 1.54) is 6.92 Å². The second kappa shape index (κ2) is 7.80. The maximum Gasteiger partial charge on any atom is 0.410 e. The fourth-order valence-electron chi connectivity index (χ4n) is 2.55. The summed E-state index contributed by atoms with van der Waals surface area (Å²) in [5.41, 5.74) is -0.770. The second-order valence-corrected chi connectivity index (χ2v) is 6.75. The number of likely N-dealkylation sites (tertiary alicyclic amines) is 1. The normalized spacial score (nSPS) is 27.4. The van der Waals surface area contributed by atoms with Crippen LogP contribution in [-0.4, -0.2) is 76.1 Å². The molecule has 1 rings (SSSR count). The number of piperidine rings is 1. The summed E-state index contributed by atoms with van der Waals surface area (Å²) < 4.78 is 10.4.